The zero-order chi connectivity index (χ0) is 20.3. The number of aromatic nitrogens is 2. The standard InChI is InChI=1S/C19H27N5O3S/c1-14-10-15(2)24(22-14)12-16-6-4-7-17(11-16)20-19(25)21-18-8-5-9-23(13-18)28(3,26)27/h4,6-7,10-11,18H,5,8-9,12-13H2,1-3H3,(H2,20,21,25). The Bertz CT molecular complexity index is 954. The molecule has 152 valence electrons. The van der Waals surface area contributed by atoms with Crippen LogP contribution in [-0.2, 0) is 16.6 Å². The topological polar surface area (TPSA) is 96.3 Å². The van der Waals surface area contributed by atoms with Crippen LogP contribution in [0.3, 0.4) is 0 Å². The van der Waals surface area contributed by atoms with Crippen LogP contribution in [0.1, 0.15) is 29.8 Å². The van der Waals surface area contributed by atoms with Crippen molar-refractivity contribution in [2.24, 2.45) is 0 Å². The molecule has 1 unspecified atom stereocenters. The fourth-order valence-electron chi connectivity index (χ4n) is 3.47. The number of amides is 2. The number of sulfonamides is 1. The number of hydrogen-bond donors (Lipinski definition) is 2. The monoisotopic (exact) mass is 405 g/mol. The molecule has 2 N–H and O–H groups in total. The number of urea groups is 1. The summed E-state index contributed by atoms with van der Waals surface area (Å²) in [6.07, 6.45) is 2.69. The van der Waals surface area contributed by atoms with E-state index in [9.17, 15) is 13.2 Å². The van der Waals surface area contributed by atoms with Gasteiger partial charge in [0, 0.05) is 30.5 Å². The summed E-state index contributed by atoms with van der Waals surface area (Å²) in [5.41, 5.74) is 3.78. The smallest absolute Gasteiger partial charge is 0.319 e. The average Bonchev–Trinajstić information content (AvgIpc) is 2.91. The number of piperidine rings is 1. The van der Waals surface area contributed by atoms with Crippen molar-refractivity contribution < 1.29 is 13.2 Å². The Labute approximate surface area is 166 Å². The van der Waals surface area contributed by atoms with E-state index in [1.54, 1.807) is 0 Å². The quantitative estimate of drug-likeness (QED) is 0.796. The van der Waals surface area contributed by atoms with Gasteiger partial charge < -0.3 is 10.6 Å². The van der Waals surface area contributed by atoms with Gasteiger partial charge in [-0.3, -0.25) is 4.68 Å². The van der Waals surface area contributed by atoms with Crippen LogP contribution in [0, 0.1) is 13.8 Å². The van der Waals surface area contributed by atoms with Crippen LogP contribution in [0.5, 0.6) is 0 Å². The molecule has 0 aliphatic carbocycles. The highest BCUT2D eigenvalue weighted by molar-refractivity contribution is 7.88. The molecule has 2 heterocycles. The Morgan fingerprint density at radius 3 is 2.75 bits per heavy atom. The summed E-state index contributed by atoms with van der Waals surface area (Å²) in [6.45, 7) is 5.42. The van der Waals surface area contributed by atoms with Crippen LogP contribution in [0.25, 0.3) is 0 Å². The van der Waals surface area contributed by atoms with Crippen LogP contribution < -0.4 is 10.6 Å². The molecule has 2 amide bonds. The SMILES string of the molecule is Cc1cc(C)n(Cc2cccc(NC(=O)NC3CCCN(S(C)(=O)=O)C3)c2)n1. The van der Waals surface area contributed by atoms with Gasteiger partial charge in [0.15, 0.2) is 0 Å². The van der Waals surface area contributed by atoms with Crippen molar-refractivity contribution in [2.45, 2.75) is 39.3 Å². The molecular formula is C19H27N5O3S. The first-order valence-electron chi connectivity index (χ1n) is 9.33. The molecule has 2 aromatic rings. The zero-order valence-electron chi connectivity index (χ0n) is 16.5. The molecule has 1 saturated heterocycles. The molecule has 1 aliphatic rings. The molecule has 0 bridgehead atoms. The van der Waals surface area contributed by atoms with Gasteiger partial charge in [0.25, 0.3) is 0 Å². The number of anilines is 1. The molecule has 1 fully saturated rings. The van der Waals surface area contributed by atoms with E-state index in [0.29, 0.717) is 25.3 Å². The molecule has 1 aromatic heterocycles. The van der Waals surface area contributed by atoms with Crippen molar-refractivity contribution in [1.29, 1.82) is 0 Å². The lowest BCUT2D eigenvalue weighted by molar-refractivity contribution is 0.236. The van der Waals surface area contributed by atoms with Crippen molar-refractivity contribution in [3.63, 3.8) is 0 Å². The van der Waals surface area contributed by atoms with E-state index in [2.05, 4.69) is 15.7 Å². The summed E-state index contributed by atoms with van der Waals surface area (Å²) < 4.78 is 26.8. The minimum Gasteiger partial charge on any atom is -0.334 e. The third-order valence-corrected chi connectivity index (χ3v) is 6.08. The van der Waals surface area contributed by atoms with Gasteiger partial charge in [-0.05, 0) is 50.5 Å². The van der Waals surface area contributed by atoms with Gasteiger partial charge in [-0.1, -0.05) is 12.1 Å². The number of rotatable bonds is 5. The Balaban J connectivity index is 1.59. The van der Waals surface area contributed by atoms with E-state index in [4.69, 9.17) is 0 Å². The predicted molar refractivity (Wildman–Crippen MR) is 109 cm³/mol. The fourth-order valence-corrected chi connectivity index (χ4v) is 4.38. The molecule has 1 atom stereocenters. The number of nitrogens with zero attached hydrogens (tertiary/aromatic N) is 3. The van der Waals surface area contributed by atoms with Crippen LogP contribution in [-0.4, -0.2) is 53.9 Å². The molecule has 1 aliphatic heterocycles. The largest absolute Gasteiger partial charge is 0.334 e. The van der Waals surface area contributed by atoms with Gasteiger partial charge in [0.05, 0.1) is 18.5 Å². The van der Waals surface area contributed by atoms with Crippen molar-refractivity contribution >= 4 is 21.7 Å². The van der Waals surface area contributed by atoms with Gasteiger partial charge in [-0.2, -0.15) is 5.10 Å². The maximum atomic E-state index is 12.4. The zero-order valence-corrected chi connectivity index (χ0v) is 17.3. The highest BCUT2D eigenvalue weighted by Gasteiger charge is 2.26. The first kappa shape index (κ1) is 20.3. The van der Waals surface area contributed by atoms with E-state index in [-0.39, 0.29) is 12.1 Å². The summed E-state index contributed by atoms with van der Waals surface area (Å²) >= 11 is 0. The fraction of sp³-hybridized carbons (Fsp3) is 0.474. The lowest BCUT2D eigenvalue weighted by atomic mass is 10.1. The number of hydrogen-bond acceptors (Lipinski definition) is 4. The minimum absolute atomic E-state index is 0.193. The van der Waals surface area contributed by atoms with Crippen molar-refractivity contribution in [1.82, 2.24) is 19.4 Å². The molecule has 3 rings (SSSR count). The summed E-state index contributed by atoms with van der Waals surface area (Å²) in [5.74, 6) is 0. The highest BCUT2D eigenvalue weighted by Crippen LogP contribution is 2.15. The molecule has 1 aromatic carbocycles. The number of nitrogens with one attached hydrogen (secondary N) is 2. The second-order valence-corrected chi connectivity index (χ2v) is 9.33. The van der Waals surface area contributed by atoms with Crippen molar-refractivity contribution in [3.05, 3.63) is 47.3 Å². The first-order chi connectivity index (χ1) is 13.2. The summed E-state index contributed by atoms with van der Waals surface area (Å²) in [4.78, 5) is 12.4. The Morgan fingerprint density at radius 2 is 2.07 bits per heavy atom. The number of carbonyl (C=O) groups is 1. The number of aryl methyl sites for hydroxylation is 2. The van der Waals surface area contributed by atoms with Crippen molar-refractivity contribution in [3.8, 4) is 0 Å². The third kappa shape index (κ3) is 5.32. The Kier molecular flexibility index (Phi) is 6.04. The van der Waals surface area contributed by atoms with Crippen LogP contribution >= 0.6 is 0 Å². The van der Waals surface area contributed by atoms with Gasteiger partial charge in [0.2, 0.25) is 10.0 Å². The third-order valence-electron chi connectivity index (χ3n) is 4.81. The van der Waals surface area contributed by atoms with Crippen LogP contribution in [0.2, 0.25) is 0 Å². The molecule has 8 nitrogen and oxygen atoms in total. The molecule has 0 spiro atoms. The van der Waals surface area contributed by atoms with Gasteiger partial charge in [-0.15, -0.1) is 0 Å². The summed E-state index contributed by atoms with van der Waals surface area (Å²) in [5, 5.41) is 10.2. The minimum atomic E-state index is -3.24. The second kappa shape index (κ2) is 8.32. The van der Waals surface area contributed by atoms with Gasteiger partial charge >= 0.3 is 6.03 Å². The van der Waals surface area contributed by atoms with E-state index in [1.165, 1.54) is 10.6 Å². The van der Waals surface area contributed by atoms with Crippen LogP contribution in [0.15, 0.2) is 30.3 Å². The molecular weight excluding hydrogens is 378 g/mol. The normalized spacial score (nSPS) is 18.0. The number of benzene rings is 1. The lowest BCUT2D eigenvalue weighted by Gasteiger charge is -2.31. The molecule has 0 saturated carbocycles. The van der Waals surface area contributed by atoms with E-state index >= 15 is 0 Å². The summed E-state index contributed by atoms with van der Waals surface area (Å²) in [7, 11) is -3.24. The van der Waals surface area contributed by atoms with E-state index < -0.39 is 10.0 Å². The van der Waals surface area contributed by atoms with Crippen molar-refractivity contribution in [2.75, 3.05) is 24.7 Å². The maximum absolute atomic E-state index is 12.4. The molecule has 28 heavy (non-hydrogen) atoms. The summed E-state index contributed by atoms with van der Waals surface area (Å²) in [6, 6.07) is 9.13. The average molecular weight is 406 g/mol. The number of carbonyl (C=O) groups excluding carboxylic acids is 1. The van der Waals surface area contributed by atoms with E-state index in [1.807, 2.05) is 48.9 Å². The highest BCUT2D eigenvalue weighted by atomic mass is 32.2. The van der Waals surface area contributed by atoms with E-state index in [0.717, 1.165) is 29.8 Å². The Hall–Kier alpha value is -2.39. The van der Waals surface area contributed by atoms with Crippen LogP contribution in [0.4, 0.5) is 10.5 Å². The Morgan fingerprint density at radius 1 is 1.29 bits per heavy atom. The second-order valence-electron chi connectivity index (χ2n) is 7.34. The first-order valence-corrected chi connectivity index (χ1v) is 11.2. The lowest BCUT2D eigenvalue weighted by Crippen LogP contribution is -2.50. The van der Waals surface area contributed by atoms with Gasteiger partial charge in [0.1, 0.15) is 0 Å². The molecule has 0 radical (unpaired) electrons. The van der Waals surface area contributed by atoms with Gasteiger partial charge in [-0.25, -0.2) is 17.5 Å². The maximum Gasteiger partial charge on any atom is 0.319 e. The predicted octanol–water partition coefficient (Wildman–Crippen LogP) is 2.09. The molecule has 9 heteroatoms.